The van der Waals surface area contributed by atoms with E-state index in [1.54, 1.807) is 24.8 Å². The van der Waals surface area contributed by atoms with Gasteiger partial charge in [-0.1, -0.05) is 68.3 Å². The number of rotatable bonds is 8. The first-order valence-corrected chi connectivity index (χ1v) is 17.2. The van der Waals surface area contributed by atoms with Crippen molar-refractivity contribution in [3.8, 4) is 22.7 Å². The van der Waals surface area contributed by atoms with Crippen molar-refractivity contribution in [2.75, 3.05) is 0 Å². The van der Waals surface area contributed by atoms with Crippen LogP contribution in [0.15, 0.2) is 156 Å². The zero-order chi connectivity index (χ0) is 34.5. The molecule has 51 heavy (non-hydrogen) atoms. The molecule has 0 spiro atoms. The first-order valence-electron chi connectivity index (χ1n) is 15.7. The second-order valence-electron chi connectivity index (χ2n) is 11.3. The van der Waals surface area contributed by atoms with E-state index in [0.717, 1.165) is 65.6 Å². The Hall–Kier alpha value is -5.23. The minimum absolute atomic E-state index is 0. The predicted molar refractivity (Wildman–Crippen MR) is 204 cm³/mol. The molecule has 0 aliphatic carbocycles. The predicted octanol–water partition coefficient (Wildman–Crippen LogP) is 10.9. The van der Waals surface area contributed by atoms with E-state index in [9.17, 15) is 0 Å². The van der Waals surface area contributed by atoms with Gasteiger partial charge in [0.05, 0.1) is 22.7 Å². The van der Waals surface area contributed by atoms with Crippen LogP contribution in [0.2, 0.25) is 0 Å². The molecule has 0 unspecified atom stereocenters. The van der Waals surface area contributed by atoms with Crippen molar-refractivity contribution in [2.24, 2.45) is 0 Å². The van der Waals surface area contributed by atoms with E-state index in [1.807, 2.05) is 116 Å². The van der Waals surface area contributed by atoms with Gasteiger partial charge in [-0.25, -0.2) is 18.7 Å². The molecule has 0 amide bonds. The average molecular weight is 845 g/mol. The third-order valence-corrected chi connectivity index (χ3v) is 8.61. The number of hydrogen-bond donors (Lipinski definition) is 0. The standard InChI is InChI=1S/2C19H15BrN5.Ni/c2*1-14-4-6-16(18(12-14)24-10-2-8-21-24)23-17-7-5-15(20)13-19(17)25-11-3-9-22-25;/h2*2-13H,1H3;/q2*-1;+2. The Morgan fingerprint density at radius 1 is 0.431 bits per heavy atom. The SMILES string of the molecule is Cc1ccc([N-]c2ccc(Br)cc2-n2cccn2)c(-n2cccn2)c1.Cc1ccc([N-]c2ccc(Br)cc2-n2cccn2)c(-n2cccn2)c1.[Ni+2]. The fourth-order valence-corrected chi connectivity index (χ4v) is 5.98. The summed E-state index contributed by atoms with van der Waals surface area (Å²) in [5.41, 5.74) is 9.40. The van der Waals surface area contributed by atoms with Crippen LogP contribution in [0.4, 0.5) is 22.7 Å². The number of nitrogens with zero attached hydrogens (tertiary/aromatic N) is 10. The molecule has 256 valence electrons. The molecular formula is C38H30Br2N10Ni. The molecule has 4 aromatic carbocycles. The largest absolute Gasteiger partial charge is 2.00 e. The van der Waals surface area contributed by atoms with Gasteiger partial charge in [0.1, 0.15) is 0 Å². The molecule has 0 aliphatic rings. The molecule has 0 N–H and O–H groups in total. The smallest absolute Gasteiger partial charge is 0.654 e. The molecule has 4 heterocycles. The van der Waals surface area contributed by atoms with Crippen LogP contribution < -0.4 is 0 Å². The fraction of sp³-hybridized carbons (Fsp3) is 0.0526. The van der Waals surface area contributed by atoms with Crippen LogP contribution in [-0.4, -0.2) is 39.1 Å². The number of hydrogen-bond acceptors (Lipinski definition) is 4. The Kier molecular flexibility index (Phi) is 11.3. The minimum atomic E-state index is 0. The van der Waals surface area contributed by atoms with Gasteiger partial charge < -0.3 is 10.6 Å². The molecule has 8 rings (SSSR count). The van der Waals surface area contributed by atoms with Gasteiger partial charge in [-0.2, -0.15) is 20.4 Å². The summed E-state index contributed by atoms with van der Waals surface area (Å²) in [5, 5.41) is 27.2. The van der Waals surface area contributed by atoms with Gasteiger partial charge in [0.15, 0.2) is 0 Å². The van der Waals surface area contributed by atoms with Crippen LogP contribution in [0.25, 0.3) is 33.4 Å². The van der Waals surface area contributed by atoms with E-state index in [1.165, 1.54) is 0 Å². The number of aromatic nitrogens is 8. The van der Waals surface area contributed by atoms with Crippen molar-refractivity contribution < 1.29 is 16.5 Å². The first kappa shape index (κ1) is 35.6. The van der Waals surface area contributed by atoms with Crippen LogP contribution in [0.3, 0.4) is 0 Å². The zero-order valence-electron chi connectivity index (χ0n) is 27.4. The maximum absolute atomic E-state index is 4.89. The van der Waals surface area contributed by atoms with Gasteiger partial charge in [0.25, 0.3) is 0 Å². The van der Waals surface area contributed by atoms with Crippen LogP contribution in [0, 0.1) is 13.8 Å². The van der Waals surface area contributed by atoms with E-state index in [2.05, 4.69) is 90.4 Å². The van der Waals surface area contributed by atoms with Crippen molar-refractivity contribution in [1.29, 1.82) is 0 Å². The van der Waals surface area contributed by atoms with Crippen LogP contribution in [-0.2, 0) is 16.5 Å². The first-order chi connectivity index (χ1) is 24.4. The van der Waals surface area contributed by atoms with E-state index in [0.29, 0.717) is 0 Å². The Morgan fingerprint density at radius 2 is 0.725 bits per heavy atom. The topological polar surface area (TPSA) is 99.5 Å². The molecule has 0 bridgehead atoms. The van der Waals surface area contributed by atoms with Gasteiger partial charge in [-0.3, -0.25) is 0 Å². The summed E-state index contributed by atoms with van der Waals surface area (Å²) in [4.78, 5) is 0. The monoisotopic (exact) mass is 842 g/mol. The normalized spacial score (nSPS) is 10.6. The second-order valence-corrected chi connectivity index (χ2v) is 13.1. The van der Waals surface area contributed by atoms with E-state index >= 15 is 0 Å². The quantitative estimate of drug-likeness (QED) is 0.142. The maximum atomic E-state index is 4.89. The van der Waals surface area contributed by atoms with Gasteiger partial charge in [0, 0.05) is 58.5 Å². The van der Waals surface area contributed by atoms with Crippen molar-refractivity contribution in [3.63, 3.8) is 0 Å². The van der Waals surface area contributed by atoms with Gasteiger partial charge in [-0.05, 0) is 85.6 Å². The van der Waals surface area contributed by atoms with Crippen LogP contribution in [0.1, 0.15) is 11.1 Å². The molecule has 8 aromatic rings. The molecule has 0 radical (unpaired) electrons. The third-order valence-electron chi connectivity index (χ3n) is 7.62. The molecular weight excluding hydrogens is 815 g/mol. The van der Waals surface area contributed by atoms with Crippen LogP contribution in [0.5, 0.6) is 0 Å². The fourth-order valence-electron chi connectivity index (χ4n) is 5.28. The summed E-state index contributed by atoms with van der Waals surface area (Å²) >= 11 is 7.05. The van der Waals surface area contributed by atoms with Gasteiger partial charge in [0.2, 0.25) is 0 Å². The van der Waals surface area contributed by atoms with E-state index in [-0.39, 0.29) is 16.5 Å². The summed E-state index contributed by atoms with van der Waals surface area (Å²) in [7, 11) is 0. The van der Waals surface area contributed by atoms with Gasteiger partial charge >= 0.3 is 16.5 Å². The Bertz CT molecular complexity index is 1990. The molecule has 10 nitrogen and oxygen atoms in total. The molecule has 0 aliphatic heterocycles. The minimum Gasteiger partial charge on any atom is -0.654 e. The molecule has 0 saturated carbocycles. The summed E-state index contributed by atoms with van der Waals surface area (Å²) in [5.74, 6) is 0. The summed E-state index contributed by atoms with van der Waals surface area (Å²) in [6.07, 6.45) is 14.7. The average Bonchev–Trinajstić information content (AvgIpc) is 3.97. The number of halogens is 2. The van der Waals surface area contributed by atoms with Crippen molar-refractivity contribution in [1.82, 2.24) is 39.1 Å². The van der Waals surface area contributed by atoms with Crippen molar-refractivity contribution >= 4 is 54.6 Å². The molecule has 0 fully saturated rings. The molecule has 0 saturated heterocycles. The number of aryl methyl sites for hydroxylation is 2. The third kappa shape index (κ3) is 8.40. The van der Waals surface area contributed by atoms with Crippen LogP contribution >= 0.6 is 31.9 Å². The molecule has 0 atom stereocenters. The molecule has 4 aromatic heterocycles. The summed E-state index contributed by atoms with van der Waals surface area (Å²) in [6, 6.07) is 31.8. The summed E-state index contributed by atoms with van der Waals surface area (Å²) < 4.78 is 9.24. The van der Waals surface area contributed by atoms with Crippen molar-refractivity contribution in [2.45, 2.75) is 13.8 Å². The van der Waals surface area contributed by atoms with E-state index < -0.39 is 0 Å². The Morgan fingerprint density at radius 3 is 1.02 bits per heavy atom. The second kappa shape index (κ2) is 16.2. The van der Waals surface area contributed by atoms with Gasteiger partial charge in [-0.15, -0.1) is 22.7 Å². The Labute approximate surface area is 322 Å². The van der Waals surface area contributed by atoms with Crippen molar-refractivity contribution in [3.05, 3.63) is 177 Å². The maximum Gasteiger partial charge on any atom is 2.00 e. The number of benzene rings is 4. The van der Waals surface area contributed by atoms with E-state index in [4.69, 9.17) is 10.6 Å². The zero-order valence-corrected chi connectivity index (χ0v) is 31.6. The Balaban J connectivity index is 0.000000172. The molecule has 13 heteroatoms. The summed E-state index contributed by atoms with van der Waals surface area (Å²) in [6.45, 7) is 4.12.